The molecule has 0 saturated heterocycles. The summed E-state index contributed by atoms with van der Waals surface area (Å²) in [5.74, 6) is 0.251. The van der Waals surface area contributed by atoms with Crippen LogP contribution in [0.1, 0.15) is 22.7 Å². The van der Waals surface area contributed by atoms with E-state index >= 15 is 0 Å². The Balaban J connectivity index is 1.49. The van der Waals surface area contributed by atoms with E-state index in [1.165, 1.54) is 4.88 Å². The van der Waals surface area contributed by atoms with Crippen LogP contribution in [0.25, 0.3) is 0 Å². The van der Waals surface area contributed by atoms with Gasteiger partial charge in [0.2, 0.25) is 5.91 Å². The summed E-state index contributed by atoms with van der Waals surface area (Å²) in [6.45, 7) is 3.54. The van der Waals surface area contributed by atoms with Gasteiger partial charge in [0.25, 0.3) is 0 Å². The molecule has 0 radical (unpaired) electrons. The second-order valence-electron chi connectivity index (χ2n) is 5.14. The zero-order valence-corrected chi connectivity index (χ0v) is 12.3. The first-order valence-corrected chi connectivity index (χ1v) is 7.79. The second-order valence-corrected chi connectivity index (χ2v) is 6.08. The average molecular weight is 290 g/mol. The molecule has 0 aromatic carbocycles. The molecular weight excluding hydrogens is 272 g/mol. The highest BCUT2D eigenvalue weighted by atomic mass is 32.1. The van der Waals surface area contributed by atoms with Crippen LogP contribution < -0.4 is 5.32 Å². The summed E-state index contributed by atoms with van der Waals surface area (Å²) >= 11 is 1.65. The van der Waals surface area contributed by atoms with Crippen LogP contribution in [0.3, 0.4) is 0 Å². The second kappa shape index (κ2) is 5.75. The first-order chi connectivity index (χ1) is 9.74. The molecular formula is C14H18N4OS. The first-order valence-electron chi connectivity index (χ1n) is 6.91. The number of rotatable bonds is 4. The Bertz CT molecular complexity index is 604. The lowest BCUT2D eigenvalue weighted by atomic mass is 9.95. The molecule has 1 N–H and O–H groups in total. The molecule has 3 rings (SSSR count). The highest BCUT2D eigenvalue weighted by molar-refractivity contribution is 7.09. The topological polar surface area (TPSA) is 59.8 Å². The van der Waals surface area contributed by atoms with E-state index in [9.17, 15) is 4.79 Å². The molecule has 1 atom stereocenters. The van der Waals surface area contributed by atoms with E-state index in [1.807, 2.05) is 29.4 Å². The number of amides is 1. The summed E-state index contributed by atoms with van der Waals surface area (Å²) in [4.78, 5) is 17.7. The first kappa shape index (κ1) is 13.3. The molecule has 0 fully saturated rings. The number of carbonyl (C=O) groups is 1. The molecule has 6 heteroatoms. The van der Waals surface area contributed by atoms with Crippen LogP contribution in [0.15, 0.2) is 17.8 Å². The van der Waals surface area contributed by atoms with Gasteiger partial charge in [-0.3, -0.25) is 9.48 Å². The van der Waals surface area contributed by atoms with Crippen molar-refractivity contribution in [2.24, 2.45) is 5.92 Å². The standard InChI is InChI=1S/C14H18N4OS/c1-10-13(20-9-16-10)3-5-15-14(19)11-4-7-18-12(8-11)2-6-17-18/h2,6,9,11H,3-5,7-8H2,1H3,(H,15,19). The number of nitrogens with zero attached hydrogens (tertiary/aromatic N) is 3. The molecule has 2 aromatic heterocycles. The lowest BCUT2D eigenvalue weighted by Gasteiger charge is -2.22. The Kier molecular flexibility index (Phi) is 3.82. The van der Waals surface area contributed by atoms with Crippen molar-refractivity contribution in [3.05, 3.63) is 34.0 Å². The van der Waals surface area contributed by atoms with E-state index in [2.05, 4.69) is 15.4 Å². The van der Waals surface area contributed by atoms with Gasteiger partial charge in [-0.25, -0.2) is 4.98 Å². The lowest BCUT2D eigenvalue weighted by Crippen LogP contribution is -2.36. The van der Waals surface area contributed by atoms with Gasteiger partial charge in [0.1, 0.15) is 0 Å². The minimum Gasteiger partial charge on any atom is -0.355 e. The smallest absolute Gasteiger partial charge is 0.223 e. The van der Waals surface area contributed by atoms with E-state index < -0.39 is 0 Å². The third-order valence-electron chi connectivity index (χ3n) is 3.82. The molecule has 0 aliphatic carbocycles. The number of fused-ring (bicyclic) bond motifs is 1. The molecule has 20 heavy (non-hydrogen) atoms. The monoisotopic (exact) mass is 290 g/mol. The predicted molar refractivity (Wildman–Crippen MR) is 77.6 cm³/mol. The SMILES string of the molecule is Cc1ncsc1CCNC(=O)C1CCn2nccc2C1. The Morgan fingerprint density at radius 2 is 2.50 bits per heavy atom. The number of aromatic nitrogens is 3. The van der Waals surface area contributed by atoms with Crippen molar-refractivity contribution in [1.82, 2.24) is 20.1 Å². The fraction of sp³-hybridized carbons (Fsp3) is 0.500. The van der Waals surface area contributed by atoms with Gasteiger partial charge >= 0.3 is 0 Å². The zero-order valence-electron chi connectivity index (χ0n) is 11.5. The number of hydrogen-bond donors (Lipinski definition) is 1. The molecule has 1 aliphatic rings. The van der Waals surface area contributed by atoms with Gasteiger partial charge in [-0.05, 0) is 19.4 Å². The van der Waals surface area contributed by atoms with Gasteiger partial charge in [-0.2, -0.15) is 5.10 Å². The Labute approximate surface area is 122 Å². The summed E-state index contributed by atoms with van der Waals surface area (Å²) in [6, 6.07) is 2.00. The van der Waals surface area contributed by atoms with Gasteiger partial charge in [0.05, 0.1) is 11.2 Å². The fourth-order valence-corrected chi connectivity index (χ4v) is 3.38. The molecule has 1 amide bonds. The van der Waals surface area contributed by atoms with Crippen LogP contribution in [-0.4, -0.2) is 27.2 Å². The van der Waals surface area contributed by atoms with Crippen LogP contribution in [0.5, 0.6) is 0 Å². The van der Waals surface area contributed by atoms with Gasteiger partial charge in [0, 0.05) is 48.6 Å². The van der Waals surface area contributed by atoms with Crippen molar-refractivity contribution >= 4 is 17.2 Å². The molecule has 0 saturated carbocycles. The van der Waals surface area contributed by atoms with E-state index in [-0.39, 0.29) is 11.8 Å². The maximum absolute atomic E-state index is 12.2. The minimum atomic E-state index is 0.0850. The van der Waals surface area contributed by atoms with E-state index in [4.69, 9.17) is 0 Å². The van der Waals surface area contributed by atoms with Crippen LogP contribution in [0.4, 0.5) is 0 Å². The quantitative estimate of drug-likeness (QED) is 0.930. The molecule has 2 aromatic rings. The van der Waals surface area contributed by atoms with E-state index in [0.717, 1.165) is 37.2 Å². The van der Waals surface area contributed by atoms with Gasteiger partial charge < -0.3 is 5.32 Å². The zero-order chi connectivity index (χ0) is 13.9. The maximum Gasteiger partial charge on any atom is 0.223 e. The van der Waals surface area contributed by atoms with Crippen molar-refractivity contribution in [3.63, 3.8) is 0 Å². The average Bonchev–Trinajstić information content (AvgIpc) is 3.07. The third-order valence-corrected chi connectivity index (χ3v) is 4.81. The summed E-state index contributed by atoms with van der Waals surface area (Å²) in [6.07, 6.45) is 4.35. The molecule has 0 bridgehead atoms. The molecule has 3 heterocycles. The van der Waals surface area contributed by atoms with Crippen molar-refractivity contribution in [2.45, 2.75) is 32.7 Å². The van der Waals surface area contributed by atoms with E-state index in [1.54, 1.807) is 11.3 Å². The molecule has 0 spiro atoms. The van der Waals surface area contributed by atoms with Crippen molar-refractivity contribution < 1.29 is 4.79 Å². The summed E-state index contributed by atoms with van der Waals surface area (Å²) in [5.41, 5.74) is 4.09. The molecule has 5 nitrogen and oxygen atoms in total. The van der Waals surface area contributed by atoms with Gasteiger partial charge in [-0.15, -0.1) is 11.3 Å². The summed E-state index contributed by atoms with van der Waals surface area (Å²) < 4.78 is 1.99. The van der Waals surface area contributed by atoms with Crippen molar-refractivity contribution in [1.29, 1.82) is 0 Å². The summed E-state index contributed by atoms with van der Waals surface area (Å²) in [5, 5.41) is 7.29. The number of nitrogens with one attached hydrogen (secondary N) is 1. The van der Waals surface area contributed by atoms with Crippen LogP contribution >= 0.6 is 11.3 Å². The largest absolute Gasteiger partial charge is 0.355 e. The number of hydrogen-bond acceptors (Lipinski definition) is 4. The number of carbonyl (C=O) groups excluding carboxylic acids is 1. The third kappa shape index (κ3) is 2.75. The Hall–Kier alpha value is -1.69. The van der Waals surface area contributed by atoms with Crippen LogP contribution in [-0.2, 0) is 24.2 Å². The Morgan fingerprint density at radius 1 is 1.60 bits per heavy atom. The van der Waals surface area contributed by atoms with E-state index in [0.29, 0.717) is 6.54 Å². The summed E-state index contributed by atoms with van der Waals surface area (Å²) in [7, 11) is 0. The van der Waals surface area contributed by atoms with Gasteiger partial charge in [-0.1, -0.05) is 0 Å². The van der Waals surface area contributed by atoms with Gasteiger partial charge in [0.15, 0.2) is 0 Å². The Morgan fingerprint density at radius 3 is 3.30 bits per heavy atom. The van der Waals surface area contributed by atoms with Crippen LogP contribution in [0, 0.1) is 12.8 Å². The molecule has 1 unspecified atom stereocenters. The fourth-order valence-electron chi connectivity index (χ4n) is 2.60. The maximum atomic E-state index is 12.2. The number of thiazole rings is 1. The normalized spacial score (nSPS) is 17.8. The lowest BCUT2D eigenvalue weighted by molar-refractivity contribution is -0.125. The van der Waals surface area contributed by atoms with Crippen molar-refractivity contribution in [3.8, 4) is 0 Å². The predicted octanol–water partition coefficient (Wildman–Crippen LogP) is 1.57. The van der Waals surface area contributed by atoms with Crippen LogP contribution in [0.2, 0.25) is 0 Å². The number of aryl methyl sites for hydroxylation is 2. The minimum absolute atomic E-state index is 0.0850. The highest BCUT2D eigenvalue weighted by Gasteiger charge is 2.24. The molecule has 106 valence electrons. The highest BCUT2D eigenvalue weighted by Crippen LogP contribution is 2.19. The van der Waals surface area contributed by atoms with Crippen molar-refractivity contribution in [2.75, 3.05) is 6.54 Å². The molecule has 1 aliphatic heterocycles.